The lowest BCUT2D eigenvalue weighted by atomic mass is 10.1. The van der Waals surface area contributed by atoms with E-state index in [1.54, 1.807) is 0 Å². The van der Waals surface area contributed by atoms with E-state index < -0.39 is 6.10 Å². The normalized spacial score (nSPS) is 14.0. The summed E-state index contributed by atoms with van der Waals surface area (Å²) in [6.45, 7) is 7.58. The van der Waals surface area contributed by atoms with Gasteiger partial charge in [0.1, 0.15) is 0 Å². The zero-order valence-corrected chi connectivity index (χ0v) is 14.7. The fourth-order valence-corrected chi connectivity index (χ4v) is 3.29. The van der Waals surface area contributed by atoms with E-state index in [0.717, 1.165) is 0 Å². The average Bonchev–Trinajstić information content (AvgIpc) is 2.86. The van der Waals surface area contributed by atoms with Crippen molar-refractivity contribution in [2.24, 2.45) is 0 Å². The second kappa shape index (κ2) is 7.20. The first-order valence-corrected chi connectivity index (χ1v) is 8.58. The van der Waals surface area contributed by atoms with Crippen molar-refractivity contribution in [2.75, 3.05) is 6.54 Å². The summed E-state index contributed by atoms with van der Waals surface area (Å²) in [5.41, 5.74) is 4.96. The molecule has 1 aromatic heterocycles. The molecular weight excluding hydrogens is 296 g/mol. The second-order valence-electron chi connectivity index (χ2n) is 6.53. The molecule has 0 saturated carbocycles. The molecule has 0 saturated heterocycles. The summed E-state index contributed by atoms with van der Waals surface area (Å²) >= 11 is 0. The van der Waals surface area contributed by atoms with Crippen LogP contribution in [-0.4, -0.2) is 22.3 Å². The Morgan fingerprint density at radius 1 is 1.00 bits per heavy atom. The lowest BCUT2D eigenvalue weighted by Crippen LogP contribution is -2.32. The summed E-state index contributed by atoms with van der Waals surface area (Å²) in [6.07, 6.45) is -0.426. The summed E-state index contributed by atoms with van der Waals surface area (Å²) < 4.78 is 2.23. The van der Waals surface area contributed by atoms with Crippen LogP contribution in [0.4, 0.5) is 0 Å². The van der Waals surface area contributed by atoms with Crippen molar-refractivity contribution >= 4 is 10.9 Å². The predicted octanol–water partition coefficient (Wildman–Crippen LogP) is 3.97. The molecule has 0 bridgehead atoms. The molecule has 0 aliphatic rings. The Kier molecular flexibility index (Phi) is 5.03. The van der Waals surface area contributed by atoms with Crippen molar-refractivity contribution in [3.05, 3.63) is 71.4 Å². The van der Waals surface area contributed by atoms with Gasteiger partial charge in [-0.05, 0) is 38.0 Å². The first-order valence-electron chi connectivity index (χ1n) is 8.58. The van der Waals surface area contributed by atoms with E-state index in [1.165, 1.54) is 27.7 Å². The number of benzene rings is 2. The van der Waals surface area contributed by atoms with Gasteiger partial charge >= 0.3 is 0 Å². The summed E-state index contributed by atoms with van der Waals surface area (Å²) in [7, 11) is 0. The summed E-state index contributed by atoms with van der Waals surface area (Å²) in [5, 5.41) is 15.2. The van der Waals surface area contributed by atoms with Gasteiger partial charge in [0.05, 0.1) is 12.6 Å². The van der Waals surface area contributed by atoms with E-state index in [0.29, 0.717) is 13.1 Å². The fourth-order valence-electron chi connectivity index (χ4n) is 3.29. The standard InChI is InChI=1S/C21H26N2O/c1-15-17(3)23(21-12-8-7-11-20(15)21)14-19(24)13-22-16(2)18-9-5-4-6-10-18/h4-12,16,19,22,24H,13-14H2,1-3H3. The second-order valence-corrected chi connectivity index (χ2v) is 6.53. The Morgan fingerprint density at radius 2 is 1.67 bits per heavy atom. The van der Waals surface area contributed by atoms with Crippen LogP contribution in [0.15, 0.2) is 54.6 Å². The van der Waals surface area contributed by atoms with Crippen molar-refractivity contribution in [2.45, 2.75) is 39.5 Å². The smallest absolute Gasteiger partial charge is 0.0843 e. The summed E-state index contributed by atoms with van der Waals surface area (Å²) in [5.74, 6) is 0. The molecule has 0 radical (unpaired) electrons. The van der Waals surface area contributed by atoms with Crippen LogP contribution in [0.3, 0.4) is 0 Å². The Bertz CT molecular complexity index is 807. The largest absolute Gasteiger partial charge is 0.390 e. The maximum absolute atomic E-state index is 10.5. The SMILES string of the molecule is Cc1c(C)n(CC(O)CNC(C)c2ccccc2)c2ccccc12. The summed E-state index contributed by atoms with van der Waals surface area (Å²) in [6, 6.07) is 19.0. The lowest BCUT2D eigenvalue weighted by Gasteiger charge is -2.19. The van der Waals surface area contributed by atoms with E-state index in [2.05, 4.69) is 67.1 Å². The van der Waals surface area contributed by atoms with Gasteiger partial charge in [0.25, 0.3) is 0 Å². The molecule has 0 spiro atoms. The van der Waals surface area contributed by atoms with Crippen molar-refractivity contribution < 1.29 is 5.11 Å². The van der Waals surface area contributed by atoms with Crippen LogP contribution in [0.2, 0.25) is 0 Å². The van der Waals surface area contributed by atoms with Crippen molar-refractivity contribution in [3.8, 4) is 0 Å². The highest BCUT2D eigenvalue weighted by molar-refractivity contribution is 5.85. The lowest BCUT2D eigenvalue weighted by molar-refractivity contribution is 0.149. The molecule has 2 aromatic carbocycles. The highest BCUT2D eigenvalue weighted by Gasteiger charge is 2.14. The molecular formula is C21H26N2O. The number of rotatable bonds is 6. The molecule has 3 heteroatoms. The van der Waals surface area contributed by atoms with Gasteiger partial charge < -0.3 is 15.0 Å². The number of aryl methyl sites for hydroxylation is 1. The van der Waals surface area contributed by atoms with Crippen LogP contribution in [-0.2, 0) is 6.54 Å². The van der Waals surface area contributed by atoms with Gasteiger partial charge in [-0.2, -0.15) is 0 Å². The van der Waals surface area contributed by atoms with Crippen LogP contribution in [0.5, 0.6) is 0 Å². The molecule has 0 aliphatic carbocycles. The zero-order valence-electron chi connectivity index (χ0n) is 14.7. The fraction of sp³-hybridized carbons (Fsp3) is 0.333. The first-order chi connectivity index (χ1) is 11.6. The maximum Gasteiger partial charge on any atom is 0.0843 e. The molecule has 0 fully saturated rings. The maximum atomic E-state index is 10.5. The number of fused-ring (bicyclic) bond motifs is 1. The molecule has 24 heavy (non-hydrogen) atoms. The molecule has 0 aliphatic heterocycles. The van der Waals surface area contributed by atoms with Gasteiger partial charge in [-0.3, -0.25) is 0 Å². The Balaban J connectivity index is 1.67. The van der Waals surface area contributed by atoms with Crippen LogP contribution in [0.1, 0.15) is 29.8 Å². The minimum absolute atomic E-state index is 0.227. The van der Waals surface area contributed by atoms with Crippen LogP contribution in [0, 0.1) is 13.8 Å². The van der Waals surface area contributed by atoms with Gasteiger partial charge in [-0.15, -0.1) is 0 Å². The number of para-hydroxylation sites is 1. The number of aliphatic hydroxyl groups excluding tert-OH is 1. The number of aliphatic hydroxyl groups is 1. The highest BCUT2D eigenvalue weighted by Crippen LogP contribution is 2.25. The Hall–Kier alpha value is -2.10. The molecule has 3 nitrogen and oxygen atoms in total. The van der Waals surface area contributed by atoms with Crippen LogP contribution >= 0.6 is 0 Å². The number of nitrogens with one attached hydrogen (secondary N) is 1. The molecule has 0 amide bonds. The zero-order chi connectivity index (χ0) is 17.1. The van der Waals surface area contributed by atoms with Crippen LogP contribution < -0.4 is 5.32 Å². The quantitative estimate of drug-likeness (QED) is 0.720. The minimum atomic E-state index is -0.426. The third kappa shape index (κ3) is 3.37. The number of aromatic nitrogens is 1. The van der Waals surface area contributed by atoms with Crippen LogP contribution in [0.25, 0.3) is 10.9 Å². The van der Waals surface area contributed by atoms with Gasteiger partial charge in [-0.1, -0.05) is 48.5 Å². The summed E-state index contributed by atoms with van der Waals surface area (Å²) in [4.78, 5) is 0. The van der Waals surface area contributed by atoms with E-state index in [4.69, 9.17) is 0 Å². The predicted molar refractivity (Wildman–Crippen MR) is 100 cm³/mol. The number of nitrogens with zero attached hydrogens (tertiary/aromatic N) is 1. The Morgan fingerprint density at radius 3 is 2.42 bits per heavy atom. The third-order valence-electron chi connectivity index (χ3n) is 4.90. The number of hydrogen-bond acceptors (Lipinski definition) is 2. The monoisotopic (exact) mass is 322 g/mol. The van der Waals surface area contributed by atoms with Crippen molar-refractivity contribution in [1.82, 2.24) is 9.88 Å². The van der Waals surface area contributed by atoms with Crippen molar-refractivity contribution in [1.29, 1.82) is 0 Å². The van der Waals surface area contributed by atoms with Crippen molar-refractivity contribution in [3.63, 3.8) is 0 Å². The average molecular weight is 322 g/mol. The molecule has 1 heterocycles. The molecule has 2 atom stereocenters. The van der Waals surface area contributed by atoms with E-state index >= 15 is 0 Å². The third-order valence-corrected chi connectivity index (χ3v) is 4.90. The van der Waals surface area contributed by atoms with Gasteiger partial charge in [0, 0.05) is 29.2 Å². The highest BCUT2D eigenvalue weighted by atomic mass is 16.3. The van der Waals surface area contributed by atoms with E-state index in [-0.39, 0.29) is 6.04 Å². The van der Waals surface area contributed by atoms with Gasteiger partial charge in [-0.25, -0.2) is 0 Å². The first kappa shape index (κ1) is 16.7. The molecule has 2 unspecified atom stereocenters. The minimum Gasteiger partial charge on any atom is -0.390 e. The molecule has 3 rings (SSSR count). The topological polar surface area (TPSA) is 37.2 Å². The van der Waals surface area contributed by atoms with E-state index in [1.807, 2.05) is 18.2 Å². The Labute approximate surface area is 143 Å². The molecule has 2 N–H and O–H groups in total. The van der Waals surface area contributed by atoms with E-state index in [9.17, 15) is 5.11 Å². The van der Waals surface area contributed by atoms with Gasteiger partial charge in [0.2, 0.25) is 0 Å². The number of hydrogen-bond donors (Lipinski definition) is 2. The van der Waals surface area contributed by atoms with Gasteiger partial charge in [0.15, 0.2) is 0 Å². The molecule has 126 valence electrons. The molecule has 3 aromatic rings.